The standard InChI is InChI=1S/C11H19N3O/c1-9(8-15)14(2)6-5-10-3-4-11(12)13-7-10/h3-4,7,9,15H,5-6,8H2,1-2H3,(H2,12,13)/t9-/m0/s1. The van der Waals surface area contributed by atoms with E-state index in [0.29, 0.717) is 5.82 Å². The van der Waals surface area contributed by atoms with E-state index in [9.17, 15) is 0 Å². The molecule has 0 bridgehead atoms. The maximum atomic E-state index is 8.97. The van der Waals surface area contributed by atoms with Crippen molar-refractivity contribution < 1.29 is 5.11 Å². The first-order valence-electron chi connectivity index (χ1n) is 5.15. The molecular formula is C11H19N3O. The Morgan fingerprint density at radius 2 is 2.27 bits per heavy atom. The van der Waals surface area contributed by atoms with E-state index >= 15 is 0 Å². The Bertz CT molecular complexity index is 286. The molecule has 0 unspecified atom stereocenters. The highest BCUT2D eigenvalue weighted by atomic mass is 16.3. The normalized spacial score (nSPS) is 13.1. The minimum absolute atomic E-state index is 0.191. The highest BCUT2D eigenvalue weighted by Gasteiger charge is 2.07. The fourth-order valence-electron chi connectivity index (χ4n) is 1.25. The van der Waals surface area contributed by atoms with Crippen LogP contribution in [0.4, 0.5) is 5.82 Å². The third-order valence-corrected chi connectivity index (χ3v) is 2.62. The van der Waals surface area contributed by atoms with E-state index in [1.807, 2.05) is 26.1 Å². The Morgan fingerprint density at radius 3 is 2.80 bits per heavy atom. The molecule has 1 heterocycles. The number of aromatic nitrogens is 1. The Kier molecular flexibility index (Phi) is 4.52. The smallest absolute Gasteiger partial charge is 0.123 e. The van der Waals surface area contributed by atoms with Crippen LogP contribution in [0.15, 0.2) is 18.3 Å². The molecule has 84 valence electrons. The summed E-state index contributed by atoms with van der Waals surface area (Å²) >= 11 is 0. The number of nitrogens with two attached hydrogens (primary N) is 1. The van der Waals surface area contributed by atoms with Gasteiger partial charge in [-0.15, -0.1) is 0 Å². The van der Waals surface area contributed by atoms with Crippen LogP contribution in [0.3, 0.4) is 0 Å². The van der Waals surface area contributed by atoms with Crippen molar-refractivity contribution in [3.63, 3.8) is 0 Å². The van der Waals surface area contributed by atoms with E-state index in [1.165, 1.54) is 5.56 Å². The lowest BCUT2D eigenvalue weighted by Gasteiger charge is -2.22. The van der Waals surface area contributed by atoms with Crippen LogP contribution in [0.25, 0.3) is 0 Å². The predicted molar refractivity (Wildman–Crippen MR) is 61.5 cm³/mol. The average Bonchev–Trinajstić information content (AvgIpc) is 2.26. The lowest BCUT2D eigenvalue weighted by Crippen LogP contribution is -2.33. The van der Waals surface area contributed by atoms with Crippen molar-refractivity contribution in [2.45, 2.75) is 19.4 Å². The summed E-state index contributed by atoms with van der Waals surface area (Å²) in [6, 6.07) is 4.00. The van der Waals surface area contributed by atoms with Gasteiger partial charge in [0.1, 0.15) is 5.82 Å². The molecule has 0 aliphatic carbocycles. The first-order chi connectivity index (χ1) is 7.13. The monoisotopic (exact) mass is 209 g/mol. The molecule has 0 aliphatic heterocycles. The van der Waals surface area contributed by atoms with Crippen molar-refractivity contribution >= 4 is 5.82 Å². The third-order valence-electron chi connectivity index (χ3n) is 2.62. The molecule has 1 rings (SSSR count). The van der Waals surface area contributed by atoms with Gasteiger partial charge in [0, 0.05) is 18.8 Å². The summed E-state index contributed by atoms with van der Waals surface area (Å²) in [5.41, 5.74) is 6.67. The molecule has 4 nitrogen and oxygen atoms in total. The van der Waals surface area contributed by atoms with Crippen molar-refractivity contribution in [2.75, 3.05) is 25.9 Å². The summed E-state index contributed by atoms with van der Waals surface area (Å²) in [6.45, 7) is 3.10. The van der Waals surface area contributed by atoms with Gasteiger partial charge in [0.05, 0.1) is 6.61 Å². The topological polar surface area (TPSA) is 62.4 Å². The second-order valence-electron chi connectivity index (χ2n) is 3.85. The number of nitrogens with zero attached hydrogens (tertiary/aromatic N) is 2. The molecular weight excluding hydrogens is 190 g/mol. The van der Waals surface area contributed by atoms with Crippen LogP contribution in [0, 0.1) is 0 Å². The molecule has 4 heteroatoms. The van der Waals surface area contributed by atoms with Crippen molar-refractivity contribution in [3.8, 4) is 0 Å². The SMILES string of the molecule is C[C@@H](CO)N(C)CCc1ccc(N)nc1. The van der Waals surface area contributed by atoms with Gasteiger partial charge >= 0.3 is 0 Å². The van der Waals surface area contributed by atoms with E-state index in [-0.39, 0.29) is 12.6 Å². The maximum absolute atomic E-state index is 8.97. The average molecular weight is 209 g/mol. The summed E-state index contributed by atoms with van der Waals surface area (Å²) in [4.78, 5) is 6.15. The van der Waals surface area contributed by atoms with Crippen molar-refractivity contribution in [2.24, 2.45) is 0 Å². The number of hydrogen-bond donors (Lipinski definition) is 2. The number of aliphatic hydroxyl groups is 1. The molecule has 0 radical (unpaired) electrons. The second kappa shape index (κ2) is 5.68. The van der Waals surface area contributed by atoms with Gasteiger partial charge in [-0.25, -0.2) is 4.98 Å². The number of aliphatic hydroxyl groups excluding tert-OH is 1. The van der Waals surface area contributed by atoms with Crippen molar-refractivity contribution in [1.29, 1.82) is 0 Å². The van der Waals surface area contributed by atoms with Crippen molar-refractivity contribution in [3.05, 3.63) is 23.9 Å². The van der Waals surface area contributed by atoms with Gasteiger partial charge in [0.15, 0.2) is 0 Å². The molecule has 0 fully saturated rings. The number of hydrogen-bond acceptors (Lipinski definition) is 4. The van der Waals surface area contributed by atoms with Crippen LogP contribution >= 0.6 is 0 Å². The maximum Gasteiger partial charge on any atom is 0.123 e. The zero-order valence-corrected chi connectivity index (χ0v) is 9.35. The van der Waals surface area contributed by atoms with Crippen LogP contribution in [0.1, 0.15) is 12.5 Å². The fourth-order valence-corrected chi connectivity index (χ4v) is 1.25. The van der Waals surface area contributed by atoms with Crippen LogP contribution in [-0.4, -0.2) is 41.2 Å². The molecule has 0 aromatic carbocycles. The molecule has 1 atom stereocenters. The Balaban J connectivity index is 2.40. The molecule has 1 aromatic rings. The lowest BCUT2D eigenvalue weighted by atomic mass is 10.2. The van der Waals surface area contributed by atoms with Crippen LogP contribution in [0.2, 0.25) is 0 Å². The van der Waals surface area contributed by atoms with Gasteiger partial charge in [-0.3, -0.25) is 0 Å². The molecule has 1 aromatic heterocycles. The third kappa shape index (κ3) is 3.85. The minimum Gasteiger partial charge on any atom is -0.395 e. The van der Waals surface area contributed by atoms with Gasteiger partial charge in [-0.1, -0.05) is 6.07 Å². The predicted octanol–water partition coefficient (Wildman–Crippen LogP) is 0.519. The molecule has 0 saturated carbocycles. The zero-order chi connectivity index (χ0) is 11.3. The van der Waals surface area contributed by atoms with Gasteiger partial charge < -0.3 is 15.7 Å². The summed E-state index contributed by atoms with van der Waals surface area (Å²) in [7, 11) is 2.01. The van der Waals surface area contributed by atoms with Crippen LogP contribution in [-0.2, 0) is 6.42 Å². The number of likely N-dealkylation sites (N-methyl/N-ethyl adjacent to an activating group) is 1. The van der Waals surface area contributed by atoms with Gasteiger partial charge in [0.25, 0.3) is 0 Å². The lowest BCUT2D eigenvalue weighted by molar-refractivity contribution is 0.160. The molecule has 15 heavy (non-hydrogen) atoms. The largest absolute Gasteiger partial charge is 0.395 e. The summed E-state index contributed by atoms with van der Waals surface area (Å²) in [5.74, 6) is 0.552. The molecule has 0 spiro atoms. The summed E-state index contributed by atoms with van der Waals surface area (Å²) < 4.78 is 0. The van der Waals surface area contributed by atoms with E-state index < -0.39 is 0 Å². The molecule has 3 N–H and O–H groups in total. The van der Waals surface area contributed by atoms with E-state index in [0.717, 1.165) is 13.0 Å². The fraction of sp³-hybridized carbons (Fsp3) is 0.545. The quantitative estimate of drug-likeness (QED) is 0.742. The van der Waals surface area contributed by atoms with Crippen LogP contribution in [0.5, 0.6) is 0 Å². The number of pyridine rings is 1. The molecule has 0 amide bonds. The number of rotatable bonds is 5. The molecule has 0 saturated heterocycles. The van der Waals surface area contributed by atoms with Gasteiger partial charge in [-0.05, 0) is 32.0 Å². The van der Waals surface area contributed by atoms with Gasteiger partial charge in [0.2, 0.25) is 0 Å². The first-order valence-corrected chi connectivity index (χ1v) is 5.15. The van der Waals surface area contributed by atoms with Crippen LogP contribution < -0.4 is 5.73 Å². The van der Waals surface area contributed by atoms with E-state index in [1.54, 1.807) is 6.20 Å². The van der Waals surface area contributed by atoms with Crippen molar-refractivity contribution in [1.82, 2.24) is 9.88 Å². The Hall–Kier alpha value is -1.13. The highest BCUT2D eigenvalue weighted by molar-refractivity contribution is 5.29. The first kappa shape index (κ1) is 11.9. The minimum atomic E-state index is 0.191. The highest BCUT2D eigenvalue weighted by Crippen LogP contribution is 2.04. The molecule has 0 aliphatic rings. The number of anilines is 1. The van der Waals surface area contributed by atoms with Gasteiger partial charge in [-0.2, -0.15) is 0 Å². The number of nitrogen functional groups attached to an aromatic ring is 1. The zero-order valence-electron chi connectivity index (χ0n) is 9.35. The summed E-state index contributed by atoms with van der Waals surface area (Å²) in [5, 5.41) is 8.97. The van der Waals surface area contributed by atoms with E-state index in [2.05, 4.69) is 9.88 Å². The Morgan fingerprint density at radius 1 is 1.53 bits per heavy atom. The summed E-state index contributed by atoms with van der Waals surface area (Å²) in [6.07, 6.45) is 2.72. The van der Waals surface area contributed by atoms with E-state index in [4.69, 9.17) is 10.8 Å². The second-order valence-corrected chi connectivity index (χ2v) is 3.85. The Labute approximate surface area is 90.7 Å².